The standard InChI is InChI=1S/C24H32N4O3S2/c1-19(24(29)26-21-9-5-6-10-21)32-23-12-11-22(17-25-23)33(30,31)28-15-13-27(14-16-28)18-20-7-3-2-4-8-20/h2-4,7-8,11-12,17,19,21H,5-6,9-10,13-16,18H2,1H3,(H,26,29)/t19-/m0/s1. The number of carbonyl (C=O) groups is 1. The van der Waals surface area contributed by atoms with Crippen LogP contribution >= 0.6 is 11.8 Å². The van der Waals surface area contributed by atoms with Gasteiger partial charge in [0.1, 0.15) is 4.90 Å². The Kier molecular flexibility index (Phi) is 8.06. The van der Waals surface area contributed by atoms with E-state index in [4.69, 9.17) is 0 Å². The Balaban J connectivity index is 1.30. The summed E-state index contributed by atoms with van der Waals surface area (Å²) in [5.41, 5.74) is 1.23. The van der Waals surface area contributed by atoms with Gasteiger partial charge in [-0.3, -0.25) is 9.69 Å². The van der Waals surface area contributed by atoms with Gasteiger partial charge in [-0.25, -0.2) is 13.4 Å². The van der Waals surface area contributed by atoms with Gasteiger partial charge in [-0.1, -0.05) is 54.9 Å². The third-order valence-corrected chi connectivity index (χ3v) is 9.23. The van der Waals surface area contributed by atoms with Crippen molar-refractivity contribution in [2.45, 2.75) is 60.4 Å². The molecule has 1 amide bonds. The Labute approximate surface area is 201 Å². The van der Waals surface area contributed by atoms with E-state index in [9.17, 15) is 13.2 Å². The number of nitrogens with one attached hydrogen (secondary N) is 1. The smallest absolute Gasteiger partial charge is 0.244 e. The lowest BCUT2D eigenvalue weighted by Gasteiger charge is -2.33. The molecular weight excluding hydrogens is 456 g/mol. The van der Waals surface area contributed by atoms with Crippen molar-refractivity contribution >= 4 is 27.7 Å². The highest BCUT2D eigenvalue weighted by molar-refractivity contribution is 8.00. The molecule has 1 aliphatic carbocycles. The van der Waals surface area contributed by atoms with Crippen molar-refractivity contribution in [1.82, 2.24) is 19.5 Å². The number of thioether (sulfide) groups is 1. The van der Waals surface area contributed by atoms with Crippen LogP contribution in [0.15, 0.2) is 58.6 Å². The summed E-state index contributed by atoms with van der Waals surface area (Å²) in [5.74, 6) is 0.0128. The predicted molar refractivity (Wildman–Crippen MR) is 130 cm³/mol. The van der Waals surface area contributed by atoms with Crippen LogP contribution in [-0.2, 0) is 21.4 Å². The van der Waals surface area contributed by atoms with E-state index in [1.165, 1.54) is 40.7 Å². The number of rotatable bonds is 8. The fourth-order valence-corrected chi connectivity index (χ4v) is 6.50. The summed E-state index contributed by atoms with van der Waals surface area (Å²) in [7, 11) is -3.58. The molecule has 1 N–H and O–H groups in total. The summed E-state index contributed by atoms with van der Waals surface area (Å²) in [6, 6.07) is 13.8. The lowest BCUT2D eigenvalue weighted by atomic mass is 10.2. The molecule has 1 aromatic heterocycles. The molecule has 2 fully saturated rings. The van der Waals surface area contributed by atoms with E-state index >= 15 is 0 Å². The van der Waals surface area contributed by atoms with Crippen LogP contribution in [-0.4, -0.2) is 66.0 Å². The Hall–Kier alpha value is -1.94. The second kappa shape index (κ2) is 11.0. The van der Waals surface area contributed by atoms with Crippen LogP contribution in [0.3, 0.4) is 0 Å². The third kappa shape index (κ3) is 6.35. The molecule has 2 aromatic rings. The molecule has 1 aromatic carbocycles. The molecular formula is C24H32N4O3S2. The number of nitrogens with zero attached hydrogens (tertiary/aromatic N) is 3. The second-order valence-electron chi connectivity index (χ2n) is 8.75. The molecule has 9 heteroatoms. The van der Waals surface area contributed by atoms with Crippen LogP contribution in [0.2, 0.25) is 0 Å². The average Bonchev–Trinajstić information content (AvgIpc) is 3.33. The molecule has 33 heavy (non-hydrogen) atoms. The molecule has 178 valence electrons. The van der Waals surface area contributed by atoms with Gasteiger partial charge in [-0.15, -0.1) is 0 Å². The quantitative estimate of drug-likeness (QED) is 0.575. The van der Waals surface area contributed by atoms with E-state index in [1.54, 1.807) is 12.1 Å². The van der Waals surface area contributed by atoms with Gasteiger partial charge in [-0.2, -0.15) is 4.31 Å². The van der Waals surface area contributed by atoms with Crippen LogP contribution in [0.4, 0.5) is 0 Å². The predicted octanol–water partition coefficient (Wildman–Crippen LogP) is 3.13. The molecule has 1 atom stereocenters. The van der Waals surface area contributed by atoms with Crippen LogP contribution in [0.5, 0.6) is 0 Å². The molecule has 1 saturated carbocycles. The first-order valence-electron chi connectivity index (χ1n) is 11.6. The number of carbonyl (C=O) groups excluding carboxylic acids is 1. The molecule has 0 spiro atoms. The lowest BCUT2D eigenvalue weighted by Crippen LogP contribution is -2.48. The average molecular weight is 489 g/mol. The maximum Gasteiger partial charge on any atom is 0.244 e. The molecule has 4 rings (SSSR count). The number of amides is 1. The lowest BCUT2D eigenvalue weighted by molar-refractivity contribution is -0.120. The van der Waals surface area contributed by atoms with Crippen molar-refractivity contribution in [2.24, 2.45) is 0 Å². The van der Waals surface area contributed by atoms with Crippen molar-refractivity contribution < 1.29 is 13.2 Å². The van der Waals surface area contributed by atoms with Gasteiger partial charge >= 0.3 is 0 Å². The minimum absolute atomic E-state index is 0.0128. The highest BCUT2D eigenvalue weighted by Crippen LogP contribution is 2.25. The third-order valence-electron chi connectivity index (χ3n) is 6.30. The molecule has 2 aliphatic rings. The minimum atomic E-state index is -3.58. The highest BCUT2D eigenvalue weighted by atomic mass is 32.2. The molecule has 1 saturated heterocycles. The van der Waals surface area contributed by atoms with Gasteiger partial charge < -0.3 is 5.32 Å². The fourth-order valence-electron chi connectivity index (χ4n) is 4.33. The zero-order valence-electron chi connectivity index (χ0n) is 19.0. The number of piperazine rings is 1. The van der Waals surface area contributed by atoms with Crippen LogP contribution < -0.4 is 5.32 Å². The number of pyridine rings is 1. The topological polar surface area (TPSA) is 82.6 Å². The Morgan fingerprint density at radius 3 is 2.42 bits per heavy atom. The van der Waals surface area contributed by atoms with E-state index in [2.05, 4.69) is 27.3 Å². The number of aromatic nitrogens is 1. The van der Waals surface area contributed by atoms with E-state index in [0.29, 0.717) is 31.2 Å². The number of benzene rings is 1. The monoisotopic (exact) mass is 488 g/mol. The number of hydrogen-bond donors (Lipinski definition) is 1. The molecule has 0 unspecified atom stereocenters. The SMILES string of the molecule is C[C@H](Sc1ccc(S(=O)(=O)N2CCN(Cc3ccccc3)CC2)cn1)C(=O)NC1CCCC1. The molecule has 7 nitrogen and oxygen atoms in total. The highest BCUT2D eigenvalue weighted by Gasteiger charge is 2.29. The first kappa shape index (κ1) is 24.2. The molecule has 0 radical (unpaired) electrons. The van der Waals surface area contributed by atoms with Crippen molar-refractivity contribution in [3.05, 3.63) is 54.2 Å². The second-order valence-corrected chi connectivity index (χ2v) is 12.0. The van der Waals surface area contributed by atoms with Gasteiger partial charge in [0, 0.05) is 45.0 Å². The van der Waals surface area contributed by atoms with Gasteiger partial charge in [0.05, 0.1) is 10.3 Å². The van der Waals surface area contributed by atoms with Gasteiger partial charge in [-0.05, 0) is 37.5 Å². The fraction of sp³-hybridized carbons (Fsp3) is 0.500. The maximum atomic E-state index is 13.1. The first-order chi connectivity index (χ1) is 15.9. The maximum absolute atomic E-state index is 13.1. The summed E-state index contributed by atoms with van der Waals surface area (Å²) in [5, 5.41) is 3.47. The van der Waals surface area contributed by atoms with Crippen molar-refractivity contribution in [3.63, 3.8) is 0 Å². The summed E-state index contributed by atoms with van der Waals surface area (Å²) < 4.78 is 27.7. The molecule has 1 aliphatic heterocycles. The van der Waals surface area contributed by atoms with E-state index in [1.807, 2.05) is 25.1 Å². The zero-order chi connectivity index (χ0) is 23.3. The number of hydrogen-bond acceptors (Lipinski definition) is 6. The minimum Gasteiger partial charge on any atom is -0.352 e. The van der Waals surface area contributed by atoms with Crippen LogP contribution in [0.25, 0.3) is 0 Å². The Morgan fingerprint density at radius 2 is 1.79 bits per heavy atom. The van der Waals surface area contributed by atoms with Gasteiger partial charge in [0.15, 0.2) is 0 Å². The van der Waals surface area contributed by atoms with Crippen LogP contribution in [0.1, 0.15) is 38.2 Å². The summed E-state index contributed by atoms with van der Waals surface area (Å²) in [4.78, 5) is 19.2. The largest absolute Gasteiger partial charge is 0.352 e. The van der Waals surface area contributed by atoms with Crippen molar-refractivity contribution in [3.8, 4) is 0 Å². The van der Waals surface area contributed by atoms with Crippen molar-refractivity contribution in [2.75, 3.05) is 26.2 Å². The van der Waals surface area contributed by atoms with Gasteiger partial charge in [0.25, 0.3) is 0 Å². The van der Waals surface area contributed by atoms with E-state index in [0.717, 1.165) is 19.4 Å². The number of sulfonamides is 1. The molecule has 0 bridgehead atoms. The van der Waals surface area contributed by atoms with E-state index < -0.39 is 10.0 Å². The molecule has 2 heterocycles. The van der Waals surface area contributed by atoms with Crippen molar-refractivity contribution in [1.29, 1.82) is 0 Å². The summed E-state index contributed by atoms with van der Waals surface area (Å²) >= 11 is 1.35. The Morgan fingerprint density at radius 1 is 1.09 bits per heavy atom. The normalized spacial score (nSPS) is 19.4. The summed E-state index contributed by atoms with van der Waals surface area (Å²) in [6.07, 6.45) is 5.86. The van der Waals surface area contributed by atoms with Gasteiger partial charge in [0.2, 0.25) is 15.9 Å². The Bertz CT molecular complexity index is 1020. The first-order valence-corrected chi connectivity index (χ1v) is 13.9. The van der Waals surface area contributed by atoms with E-state index in [-0.39, 0.29) is 22.1 Å². The zero-order valence-corrected chi connectivity index (χ0v) is 20.7. The van der Waals surface area contributed by atoms with Crippen LogP contribution in [0, 0.1) is 0 Å². The summed E-state index contributed by atoms with van der Waals surface area (Å²) in [6.45, 7) is 5.01.